The molecule has 106 valence electrons. The topological polar surface area (TPSA) is 86.8 Å². The van der Waals surface area contributed by atoms with Crippen LogP contribution in [0, 0.1) is 11.3 Å². The van der Waals surface area contributed by atoms with Crippen molar-refractivity contribution in [3.63, 3.8) is 0 Å². The molecule has 0 fully saturated rings. The second kappa shape index (κ2) is 5.81. The minimum atomic E-state index is 0.567. The summed E-state index contributed by atoms with van der Waals surface area (Å²) in [6, 6.07) is 12.0. The van der Waals surface area contributed by atoms with Gasteiger partial charge in [-0.15, -0.1) is 0 Å². The first-order valence-electron chi connectivity index (χ1n) is 7.08. The van der Waals surface area contributed by atoms with Gasteiger partial charge in [-0.2, -0.15) is 5.26 Å². The number of aromatic nitrogens is 1. The number of rotatable bonds is 3. The van der Waals surface area contributed by atoms with Crippen molar-refractivity contribution in [2.24, 2.45) is 5.84 Å². The molecule has 0 radical (unpaired) electrons. The molecule has 0 saturated heterocycles. The molecule has 4 N–H and O–H groups in total. The fourth-order valence-electron chi connectivity index (χ4n) is 2.81. The maximum absolute atomic E-state index is 9.53. The third-order valence-corrected chi connectivity index (χ3v) is 3.80. The maximum Gasteiger partial charge on any atom is 0.151 e. The van der Waals surface area contributed by atoms with Gasteiger partial charge < -0.3 is 10.7 Å². The summed E-state index contributed by atoms with van der Waals surface area (Å²) in [4.78, 5) is 4.50. The van der Waals surface area contributed by atoms with Crippen molar-refractivity contribution in [1.29, 1.82) is 5.26 Å². The van der Waals surface area contributed by atoms with E-state index in [1.165, 1.54) is 0 Å². The molecule has 1 aliphatic carbocycles. The van der Waals surface area contributed by atoms with Gasteiger partial charge in [0.25, 0.3) is 0 Å². The number of nitriles is 1. The van der Waals surface area contributed by atoms with E-state index in [2.05, 4.69) is 21.8 Å². The summed E-state index contributed by atoms with van der Waals surface area (Å²) in [5.74, 6) is 6.84. The molecule has 0 atom stereocenters. The van der Waals surface area contributed by atoms with Crippen molar-refractivity contribution >= 4 is 17.3 Å². The number of nitrogen functional groups attached to an aromatic ring is 1. The van der Waals surface area contributed by atoms with E-state index in [1.807, 2.05) is 30.3 Å². The monoisotopic (exact) mass is 279 g/mol. The maximum atomic E-state index is 9.53. The quantitative estimate of drug-likeness (QED) is 0.594. The zero-order valence-electron chi connectivity index (χ0n) is 11.7. The number of para-hydroxylation sites is 1. The van der Waals surface area contributed by atoms with Crippen molar-refractivity contribution < 1.29 is 0 Å². The third-order valence-electron chi connectivity index (χ3n) is 3.80. The normalized spacial score (nSPS) is 13.1. The molecule has 0 aliphatic heterocycles. The first kappa shape index (κ1) is 13.4. The number of pyridine rings is 1. The molecule has 21 heavy (non-hydrogen) atoms. The van der Waals surface area contributed by atoms with Crippen molar-refractivity contribution in [3.05, 3.63) is 47.0 Å². The molecule has 5 heteroatoms. The molecule has 0 spiro atoms. The van der Waals surface area contributed by atoms with Crippen LogP contribution in [0.4, 0.5) is 17.3 Å². The first-order valence-corrected chi connectivity index (χ1v) is 7.08. The molecular formula is C16H17N5. The van der Waals surface area contributed by atoms with Gasteiger partial charge in [0.2, 0.25) is 0 Å². The van der Waals surface area contributed by atoms with Crippen LogP contribution in [-0.4, -0.2) is 4.98 Å². The van der Waals surface area contributed by atoms with E-state index in [9.17, 15) is 5.26 Å². The van der Waals surface area contributed by atoms with Gasteiger partial charge in [-0.1, -0.05) is 18.2 Å². The van der Waals surface area contributed by atoms with Gasteiger partial charge in [0.1, 0.15) is 11.9 Å². The van der Waals surface area contributed by atoms with Crippen LogP contribution in [0.2, 0.25) is 0 Å². The average molecular weight is 279 g/mol. The number of hydrazine groups is 1. The number of nitrogens with zero attached hydrogens (tertiary/aromatic N) is 2. The van der Waals surface area contributed by atoms with Gasteiger partial charge in [0, 0.05) is 11.3 Å². The van der Waals surface area contributed by atoms with E-state index in [1.54, 1.807) is 0 Å². The summed E-state index contributed by atoms with van der Waals surface area (Å²) in [6.07, 6.45) is 4.03. The lowest BCUT2D eigenvalue weighted by atomic mass is 9.89. The zero-order chi connectivity index (χ0) is 14.7. The van der Waals surface area contributed by atoms with E-state index in [0.717, 1.165) is 42.5 Å². The van der Waals surface area contributed by atoms with E-state index in [-0.39, 0.29) is 0 Å². The summed E-state index contributed by atoms with van der Waals surface area (Å²) in [5.41, 5.74) is 6.36. The lowest BCUT2D eigenvalue weighted by Crippen LogP contribution is -2.17. The van der Waals surface area contributed by atoms with Crippen LogP contribution in [0.25, 0.3) is 0 Å². The largest absolute Gasteiger partial charge is 0.339 e. The van der Waals surface area contributed by atoms with Crippen LogP contribution in [-0.2, 0) is 12.8 Å². The predicted molar refractivity (Wildman–Crippen MR) is 83.1 cm³/mol. The number of benzene rings is 1. The Balaban J connectivity index is 2.10. The van der Waals surface area contributed by atoms with Crippen LogP contribution in [0.3, 0.4) is 0 Å². The van der Waals surface area contributed by atoms with Gasteiger partial charge in [-0.25, -0.2) is 10.8 Å². The van der Waals surface area contributed by atoms with Gasteiger partial charge in [-0.3, -0.25) is 0 Å². The number of hydrogen-bond donors (Lipinski definition) is 3. The van der Waals surface area contributed by atoms with Crippen LogP contribution in [0.5, 0.6) is 0 Å². The number of anilines is 3. The molecule has 1 heterocycles. The summed E-state index contributed by atoms with van der Waals surface area (Å²) in [6.45, 7) is 0. The number of fused-ring (bicyclic) bond motifs is 1. The Morgan fingerprint density at radius 2 is 1.76 bits per heavy atom. The Kier molecular flexibility index (Phi) is 3.71. The van der Waals surface area contributed by atoms with Gasteiger partial charge in [-0.05, 0) is 43.4 Å². The summed E-state index contributed by atoms with van der Waals surface area (Å²) >= 11 is 0. The summed E-state index contributed by atoms with van der Waals surface area (Å²) in [5, 5.41) is 12.8. The summed E-state index contributed by atoms with van der Waals surface area (Å²) < 4.78 is 0. The van der Waals surface area contributed by atoms with Crippen molar-refractivity contribution in [1.82, 2.24) is 4.98 Å². The molecule has 1 aromatic heterocycles. The Morgan fingerprint density at radius 1 is 1.05 bits per heavy atom. The highest BCUT2D eigenvalue weighted by atomic mass is 15.3. The lowest BCUT2D eigenvalue weighted by Gasteiger charge is -2.22. The Labute approximate surface area is 123 Å². The highest BCUT2D eigenvalue weighted by Gasteiger charge is 2.21. The fourth-order valence-corrected chi connectivity index (χ4v) is 2.81. The molecule has 2 aromatic rings. The average Bonchev–Trinajstić information content (AvgIpc) is 2.55. The Hall–Kier alpha value is -2.58. The van der Waals surface area contributed by atoms with Crippen molar-refractivity contribution in [2.75, 3.05) is 10.7 Å². The van der Waals surface area contributed by atoms with Crippen molar-refractivity contribution in [2.45, 2.75) is 25.7 Å². The highest BCUT2D eigenvalue weighted by Crippen LogP contribution is 2.33. The standard InChI is InChI=1S/C16H17N5/c17-10-14-12-8-4-5-9-13(12)16(21-18)20-15(14)19-11-6-2-1-3-7-11/h1-3,6-7H,4-5,8-9,18H2,(H2,19,20,21). The lowest BCUT2D eigenvalue weighted by molar-refractivity contribution is 0.682. The molecule has 1 aromatic carbocycles. The number of nitrogens with one attached hydrogen (secondary N) is 2. The molecule has 0 unspecified atom stereocenters. The smallest absolute Gasteiger partial charge is 0.151 e. The van der Waals surface area contributed by atoms with Crippen LogP contribution < -0.4 is 16.6 Å². The third kappa shape index (κ3) is 2.54. The Morgan fingerprint density at radius 3 is 2.43 bits per heavy atom. The number of nitrogens with two attached hydrogens (primary N) is 1. The molecule has 0 amide bonds. The minimum absolute atomic E-state index is 0.567. The molecular weight excluding hydrogens is 262 g/mol. The SMILES string of the molecule is N#Cc1c(Nc2ccccc2)nc(NN)c2c1CCCC2. The van der Waals surface area contributed by atoms with Crippen molar-refractivity contribution in [3.8, 4) is 6.07 Å². The predicted octanol–water partition coefficient (Wildman–Crippen LogP) is 2.86. The molecule has 3 rings (SSSR count). The van der Waals surface area contributed by atoms with Gasteiger partial charge >= 0.3 is 0 Å². The van der Waals surface area contributed by atoms with Gasteiger partial charge in [0.05, 0.1) is 5.56 Å². The number of hydrogen-bond acceptors (Lipinski definition) is 5. The second-order valence-corrected chi connectivity index (χ2v) is 5.10. The second-order valence-electron chi connectivity index (χ2n) is 5.10. The zero-order valence-corrected chi connectivity index (χ0v) is 11.7. The van der Waals surface area contributed by atoms with E-state index >= 15 is 0 Å². The van der Waals surface area contributed by atoms with E-state index < -0.39 is 0 Å². The molecule has 0 saturated carbocycles. The molecule has 1 aliphatic rings. The molecule has 5 nitrogen and oxygen atoms in total. The molecule has 0 bridgehead atoms. The van der Waals surface area contributed by atoms with Crippen LogP contribution in [0.15, 0.2) is 30.3 Å². The van der Waals surface area contributed by atoms with Gasteiger partial charge in [0.15, 0.2) is 5.82 Å². The first-order chi connectivity index (χ1) is 10.3. The Bertz CT molecular complexity index is 688. The highest BCUT2D eigenvalue weighted by molar-refractivity contribution is 5.70. The van der Waals surface area contributed by atoms with Crippen LogP contribution >= 0.6 is 0 Å². The van der Waals surface area contributed by atoms with E-state index in [4.69, 9.17) is 5.84 Å². The fraction of sp³-hybridized carbons (Fsp3) is 0.250. The summed E-state index contributed by atoms with van der Waals surface area (Å²) in [7, 11) is 0. The van der Waals surface area contributed by atoms with E-state index in [0.29, 0.717) is 17.2 Å². The minimum Gasteiger partial charge on any atom is -0.339 e. The van der Waals surface area contributed by atoms with Crippen LogP contribution in [0.1, 0.15) is 29.5 Å².